The molecule has 0 saturated carbocycles. The van der Waals surface area contributed by atoms with E-state index in [1.807, 2.05) is 0 Å². The molecular formula is C56H50BN3. The second-order valence-corrected chi connectivity index (χ2v) is 18.3. The van der Waals surface area contributed by atoms with E-state index in [4.69, 9.17) is 0 Å². The Labute approximate surface area is 356 Å². The minimum absolute atomic E-state index is 0.0162. The second kappa shape index (κ2) is 14.5. The van der Waals surface area contributed by atoms with E-state index < -0.39 is 0 Å². The van der Waals surface area contributed by atoms with Gasteiger partial charge in [0.05, 0.1) is 0 Å². The van der Waals surface area contributed by atoms with Crippen LogP contribution in [0.1, 0.15) is 52.7 Å². The fourth-order valence-corrected chi connectivity index (χ4v) is 9.22. The van der Waals surface area contributed by atoms with Crippen LogP contribution in [-0.2, 0) is 10.8 Å². The van der Waals surface area contributed by atoms with Crippen molar-refractivity contribution < 1.29 is 0 Å². The summed E-state index contributed by atoms with van der Waals surface area (Å²) in [4.78, 5) is 7.39. The maximum absolute atomic E-state index is 2.63. The summed E-state index contributed by atoms with van der Waals surface area (Å²) in [6.07, 6.45) is 0. The molecule has 2 heterocycles. The summed E-state index contributed by atoms with van der Waals surface area (Å²) < 4.78 is 0. The van der Waals surface area contributed by atoms with Crippen molar-refractivity contribution in [3.63, 3.8) is 0 Å². The van der Waals surface area contributed by atoms with Crippen molar-refractivity contribution in [3.05, 3.63) is 205 Å². The minimum atomic E-state index is -0.0225. The number of anilines is 8. The van der Waals surface area contributed by atoms with Crippen LogP contribution in [0.15, 0.2) is 194 Å². The van der Waals surface area contributed by atoms with E-state index >= 15 is 0 Å². The molecule has 0 saturated heterocycles. The number of fused-ring (bicyclic) bond motifs is 11. The van der Waals surface area contributed by atoms with Crippen molar-refractivity contribution in [2.24, 2.45) is 0 Å². The van der Waals surface area contributed by atoms with Crippen molar-refractivity contribution in [1.82, 2.24) is 0 Å². The lowest BCUT2D eigenvalue weighted by molar-refractivity contribution is 0.590. The molecule has 0 amide bonds. The largest absolute Gasteiger partial charge is 0.376 e. The normalized spacial score (nSPS) is 12.8. The topological polar surface area (TPSA) is 9.72 Å². The van der Waals surface area contributed by atoms with Crippen molar-refractivity contribution in [2.75, 3.05) is 14.6 Å². The molecule has 0 fully saturated rings. The number of para-hydroxylation sites is 4. The summed E-state index contributed by atoms with van der Waals surface area (Å²) in [7, 11) is 0. The zero-order valence-electron chi connectivity index (χ0n) is 35.4. The molecule has 0 radical (unpaired) electrons. The molecule has 292 valence electrons. The molecule has 2 aliphatic rings. The fourth-order valence-electron chi connectivity index (χ4n) is 9.22. The average molecular weight is 776 g/mol. The van der Waals surface area contributed by atoms with Gasteiger partial charge in [0.2, 0.25) is 0 Å². The third kappa shape index (κ3) is 6.48. The van der Waals surface area contributed by atoms with Crippen LogP contribution in [-0.4, -0.2) is 6.85 Å². The lowest BCUT2D eigenvalue weighted by Gasteiger charge is -2.44. The third-order valence-corrected chi connectivity index (χ3v) is 12.3. The lowest BCUT2D eigenvalue weighted by Crippen LogP contribution is -2.59. The van der Waals surface area contributed by atoms with Gasteiger partial charge in [0.1, 0.15) is 0 Å². The molecule has 4 heteroatoms. The molecule has 0 N–H and O–H groups in total. The fraction of sp³-hybridized carbons (Fsp3) is 0.143. The number of benzene rings is 8. The first-order valence-corrected chi connectivity index (χ1v) is 21.2. The van der Waals surface area contributed by atoms with Crippen molar-refractivity contribution in [1.29, 1.82) is 0 Å². The highest BCUT2D eigenvalue weighted by Crippen LogP contribution is 2.50. The smallest absolute Gasteiger partial charge is 0.329 e. The molecule has 60 heavy (non-hydrogen) atoms. The van der Waals surface area contributed by atoms with E-state index in [9.17, 15) is 0 Å². The standard InChI is InChI=1S/C56H50BN3/c1-55(2,3)39-27-31-51-47(35-39)50-38-46(59(43-23-15-9-16-24-43)44-25-17-10-18-26-44)30-34-54(50)60-53-33-28-40(56(4,5)6)36-49(53)48-37-45(29-32-52(48)57(51)60)58(41-19-11-7-12-20-41)42-21-13-8-14-22-42/h7-38H,1-6H3. The predicted molar refractivity (Wildman–Crippen MR) is 258 cm³/mol. The molecule has 8 aromatic rings. The Morgan fingerprint density at radius 3 is 1.12 bits per heavy atom. The number of hydrogen-bond acceptors (Lipinski definition) is 3. The Balaban J connectivity index is 1.23. The average Bonchev–Trinajstić information content (AvgIpc) is 3.27. The zero-order chi connectivity index (χ0) is 41.2. The van der Waals surface area contributed by atoms with Gasteiger partial charge in [0.25, 0.3) is 0 Å². The van der Waals surface area contributed by atoms with Crippen molar-refractivity contribution in [3.8, 4) is 22.3 Å². The molecule has 3 nitrogen and oxygen atoms in total. The Bertz CT molecular complexity index is 2560. The number of hydrogen-bond donors (Lipinski definition) is 0. The van der Waals surface area contributed by atoms with Crippen LogP contribution in [0.4, 0.5) is 45.5 Å². The van der Waals surface area contributed by atoms with Crippen LogP contribution in [0, 0.1) is 0 Å². The Kier molecular flexibility index (Phi) is 9.06. The van der Waals surface area contributed by atoms with Gasteiger partial charge in [0.15, 0.2) is 0 Å². The third-order valence-electron chi connectivity index (χ3n) is 12.3. The van der Waals surface area contributed by atoms with Crippen molar-refractivity contribution in [2.45, 2.75) is 52.4 Å². The molecule has 0 spiro atoms. The molecular weight excluding hydrogens is 725 g/mol. The SMILES string of the molecule is CC(C)(C)c1ccc2c(c1)-c1cc(N(c3ccccc3)c3ccccc3)ccc1N1B2c2ccc(N(c3ccccc3)c3ccccc3)cc2-c2cc(C(C)(C)C)ccc21. The van der Waals surface area contributed by atoms with E-state index in [1.54, 1.807) is 0 Å². The molecule has 0 unspecified atom stereocenters. The Morgan fingerprint density at radius 1 is 0.333 bits per heavy atom. The van der Waals surface area contributed by atoms with Crippen LogP contribution < -0.4 is 25.5 Å². The summed E-state index contributed by atoms with van der Waals surface area (Å²) in [5, 5.41) is 0. The predicted octanol–water partition coefficient (Wildman–Crippen LogP) is 14.1. The van der Waals surface area contributed by atoms with E-state index in [0.29, 0.717) is 0 Å². The quantitative estimate of drug-likeness (QED) is 0.156. The van der Waals surface area contributed by atoms with Gasteiger partial charge in [-0.15, -0.1) is 0 Å². The first kappa shape index (κ1) is 37.5. The Morgan fingerprint density at radius 2 is 0.667 bits per heavy atom. The molecule has 0 aliphatic carbocycles. The highest BCUT2D eigenvalue weighted by atomic mass is 15.2. The minimum Gasteiger partial charge on any atom is -0.376 e. The van der Waals surface area contributed by atoms with E-state index in [2.05, 4.69) is 250 Å². The van der Waals surface area contributed by atoms with E-state index in [-0.39, 0.29) is 17.7 Å². The molecule has 0 aromatic heterocycles. The summed E-state index contributed by atoms with van der Waals surface area (Å²) in [5.74, 6) is 0. The van der Waals surface area contributed by atoms with Gasteiger partial charge in [-0.05, 0) is 135 Å². The first-order chi connectivity index (χ1) is 29.0. The molecule has 2 aliphatic heterocycles. The van der Waals surface area contributed by atoms with Crippen LogP contribution in [0.25, 0.3) is 22.3 Å². The van der Waals surface area contributed by atoms with Gasteiger partial charge >= 0.3 is 6.85 Å². The van der Waals surface area contributed by atoms with Gasteiger partial charge in [-0.2, -0.15) is 0 Å². The van der Waals surface area contributed by atoms with Crippen LogP contribution in [0.2, 0.25) is 0 Å². The maximum atomic E-state index is 2.63. The second-order valence-electron chi connectivity index (χ2n) is 18.3. The Hall–Kier alpha value is -6.78. The van der Waals surface area contributed by atoms with Crippen LogP contribution >= 0.6 is 0 Å². The van der Waals surface area contributed by atoms with Gasteiger partial charge in [-0.1, -0.05) is 145 Å². The number of nitrogens with zero attached hydrogens (tertiary/aromatic N) is 3. The summed E-state index contributed by atoms with van der Waals surface area (Å²) in [6.45, 7) is 13.9. The summed E-state index contributed by atoms with van der Waals surface area (Å²) in [5.41, 5.74) is 19.6. The summed E-state index contributed by atoms with van der Waals surface area (Å²) >= 11 is 0. The van der Waals surface area contributed by atoms with Gasteiger partial charge in [0, 0.05) is 56.6 Å². The zero-order valence-corrected chi connectivity index (χ0v) is 35.4. The van der Waals surface area contributed by atoms with E-state index in [0.717, 1.165) is 34.1 Å². The van der Waals surface area contributed by atoms with Gasteiger partial charge < -0.3 is 14.6 Å². The maximum Gasteiger partial charge on any atom is 0.329 e. The number of rotatable bonds is 6. The van der Waals surface area contributed by atoms with Crippen molar-refractivity contribution >= 4 is 63.3 Å². The highest BCUT2D eigenvalue weighted by molar-refractivity contribution is 6.92. The molecule has 10 rings (SSSR count). The monoisotopic (exact) mass is 775 g/mol. The van der Waals surface area contributed by atoms with Crippen LogP contribution in [0.3, 0.4) is 0 Å². The van der Waals surface area contributed by atoms with Gasteiger partial charge in [-0.3, -0.25) is 0 Å². The lowest BCUT2D eigenvalue weighted by atomic mass is 9.43. The summed E-state index contributed by atoms with van der Waals surface area (Å²) in [6, 6.07) is 71.7. The molecule has 0 atom stereocenters. The van der Waals surface area contributed by atoms with E-state index in [1.165, 1.54) is 55.7 Å². The molecule has 8 aromatic carbocycles. The molecule has 0 bridgehead atoms. The van der Waals surface area contributed by atoms with Crippen LogP contribution in [0.5, 0.6) is 0 Å². The first-order valence-electron chi connectivity index (χ1n) is 21.2. The highest BCUT2D eigenvalue weighted by Gasteiger charge is 2.43. The van der Waals surface area contributed by atoms with Gasteiger partial charge in [-0.25, -0.2) is 0 Å².